The van der Waals surface area contributed by atoms with E-state index in [1.165, 1.54) is 109 Å². The Morgan fingerprint density at radius 2 is 0.619 bits per heavy atom. The Morgan fingerprint density at radius 1 is 0.317 bits per heavy atom. The molecule has 0 aromatic carbocycles. The van der Waals surface area contributed by atoms with Gasteiger partial charge in [0.15, 0.2) is 6.10 Å². The highest BCUT2D eigenvalue weighted by atomic mass is 16.6. The lowest BCUT2D eigenvalue weighted by molar-refractivity contribution is -0.167. The summed E-state index contributed by atoms with van der Waals surface area (Å²) >= 11 is 0. The van der Waals surface area contributed by atoms with Crippen LogP contribution in [0.15, 0.2) is 60.8 Å². The monoisotopic (exact) mass is 881 g/mol. The minimum Gasteiger partial charge on any atom is -0.462 e. The number of rotatable bonds is 48. The Morgan fingerprint density at radius 3 is 1.00 bits per heavy atom. The van der Waals surface area contributed by atoms with Crippen LogP contribution in [0.3, 0.4) is 0 Å². The lowest BCUT2D eigenvalue weighted by Crippen LogP contribution is -2.30. The summed E-state index contributed by atoms with van der Waals surface area (Å²) in [5.41, 5.74) is 0. The molecule has 0 saturated heterocycles. The molecule has 0 radical (unpaired) electrons. The SMILES string of the molecule is CCC/C=C\C/C=C\CCCCCCCC(=O)OCC(COC(=O)CCCCCCCCC/C=C\CCCCCCCCC)OC(=O)CCCCCCC/C=C\C/C=C\CCCC. The predicted molar refractivity (Wildman–Crippen MR) is 270 cm³/mol. The maximum absolute atomic E-state index is 12.8. The van der Waals surface area contributed by atoms with Gasteiger partial charge < -0.3 is 14.2 Å². The molecule has 1 unspecified atom stereocenters. The van der Waals surface area contributed by atoms with Crippen LogP contribution < -0.4 is 0 Å². The highest BCUT2D eigenvalue weighted by Crippen LogP contribution is 2.14. The van der Waals surface area contributed by atoms with Crippen LogP contribution in [0.2, 0.25) is 0 Å². The van der Waals surface area contributed by atoms with Gasteiger partial charge in [-0.25, -0.2) is 0 Å². The van der Waals surface area contributed by atoms with Crippen molar-refractivity contribution < 1.29 is 28.6 Å². The molecule has 0 aliphatic rings. The van der Waals surface area contributed by atoms with Crippen molar-refractivity contribution in [2.45, 2.75) is 271 Å². The molecule has 0 spiro atoms. The van der Waals surface area contributed by atoms with Gasteiger partial charge in [0.1, 0.15) is 13.2 Å². The van der Waals surface area contributed by atoms with Gasteiger partial charge in [0.2, 0.25) is 0 Å². The van der Waals surface area contributed by atoms with E-state index in [0.717, 1.165) is 116 Å². The van der Waals surface area contributed by atoms with Gasteiger partial charge >= 0.3 is 17.9 Å². The molecule has 0 rings (SSSR count). The van der Waals surface area contributed by atoms with Crippen molar-refractivity contribution in [1.29, 1.82) is 0 Å². The molecule has 0 N–H and O–H groups in total. The summed E-state index contributed by atoms with van der Waals surface area (Å²) in [6, 6.07) is 0. The van der Waals surface area contributed by atoms with Crippen LogP contribution in [0.4, 0.5) is 0 Å². The summed E-state index contributed by atoms with van der Waals surface area (Å²) in [7, 11) is 0. The fourth-order valence-electron chi connectivity index (χ4n) is 7.37. The standard InChI is InChI=1S/C57H100O6/c1-4-7-10-13-16-19-22-25-27-28-29-30-33-35-38-41-44-47-50-56(59)62-53-54(52-61-55(58)49-46-43-40-37-34-31-24-21-18-15-12-9-6-3)63-57(60)51-48-45-42-39-36-32-26-23-20-17-14-11-8-5-2/h12,14-15,17,21,23-24,26-28,54H,4-11,13,16,18-20,22,25,29-53H2,1-3H3/b15-12-,17-14-,24-21-,26-23-,28-27-. The Bertz CT molecular complexity index is 1150. The van der Waals surface area contributed by atoms with Crippen LogP contribution in [0.1, 0.15) is 265 Å². The third-order valence-electron chi connectivity index (χ3n) is 11.4. The maximum Gasteiger partial charge on any atom is 0.306 e. The molecular weight excluding hydrogens is 781 g/mol. The molecule has 0 saturated carbocycles. The number of esters is 3. The van der Waals surface area contributed by atoms with E-state index in [0.29, 0.717) is 19.3 Å². The fourth-order valence-corrected chi connectivity index (χ4v) is 7.37. The number of unbranched alkanes of at least 4 members (excludes halogenated alkanes) is 27. The summed E-state index contributed by atoms with van der Waals surface area (Å²) in [5, 5.41) is 0. The average molecular weight is 881 g/mol. The third-order valence-corrected chi connectivity index (χ3v) is 11.4. The van der Waals surface area contributed by atoms with Crippen molar-refractivity contribution in [2.75, 3.05) is 13.2 Å². The number of carbonyl (C=O) groups is 3. The number of carbonyl (C=O) groups excluding carboxylic acids is 3. The van der Waals surface area contributed by atoms with Gasteiger partial charge in [-0.1, -0.05) is 210 Å². The van der Waals surface area contributed by atoms with Gasteiger partial charge in [-0.05, 0) is 96.3 Å². The van der Waals surface area contributed by atoms with Crippen LogP contribution in [-0.2, 0) is 28.6 Å². The summed E-state index contributed by atoms with van der Waals surface area (Å²) in [4.78, 5) is 38.0. The molecule has 0 aromatic heterocycles. The highest BCUT2D eigenvalue weighted by Gasteiger charge is 2.19. The van der Waals surface area contributed by atoms with E-state index in [-0.39, 0.29) is 31.1 Å². The molecule has 364 valence electrons. The molecule has 0 aliphatic heterocycles. The van der Waals surface area contributed by atoms with Crippen molar-refractivity contribution in [3.8, 4) is 0 Å². The first kappa shape index (κ1) is 60.1. The first-order valence-corrected chi connectivity index (χ1v) is 26.8. The van der Waals surface area contributed by atoms with E-state index in [1.807, 2.05) is 0 Å². The van der Waals surface area contributed by atoms with Crippen molar-refractivity contribution >= 4 is 17.9 Å². The molecule has 0 amide bonds. The van der Waals surface area contributed by atoms with Crippen LogP contribution in [0.25, 0.3) is 0 Å². The molecule has 0 aromatic rings. The van der Waals surface area contributed by atoms with Crippen molar-refractivity contribution in [2.24, 2.45) is 0 Å². The maximum atomic E-state index is 12.8. The number of ether oxygens (including phenoxy) is 3. The Labute approximate surface area is 390 Å². The van der Waals surface area contributed by atoms with E-state index in [1.54, 1.807) is 0 Å². The molecule has 0 aliphatic carbocycles. The van der Waals surface area contributed by atoms with Crippen molar-refractivity contribution in [1.82, 2.24) is 0 Å². The second kappa shape index (κ2) is 51.7. The van der Waals surface area contributed by atoms with Gasteiger partial charge in [0.05, 0.1) is 0 Å². The molecule has 0 heterocycles. The average Bonchev–Trinajstić information content (AvgIpc) is 3.28. The van der Waals surface area contributed by atoms with Gasteiger partial charge in [-0.2, -0.15) is 0 Å². The predicted octanol–water partition coefficient (Wildman–Crippen LogP) is 17.6. The quantitative estimate of drug-likeness (QED) is 0.0262. The molecule has 6 heteroatoms. The third kappa shape index (κ3) is 50.0. The van der Waals surface area contributed by atoms with Crippen LogP contribution in [0, 0.1) is 0 Å². The summed E-state index contributed by atoms with van der Waals surface area (Å²) in [5.74, 6) is -0.914. The number of hydrogen-bond donors (Lipinski definition) is 0. The van der Waals surface area contributed by atoms with Gasteiger partial charge in [-0.15, -0.1) is 0 Å². The summed E-state index contributed by atoms with van der Waals surface area (Å²) in [6.45, 7) is 6.51. The fraction of sp³-hybridized carbons (Fsp3) is 0.772. The van der Waals surface area contributed by atoms with E-state index < -0.39 is 6.10 Å². The zero-order valence-electron chi connectivity index (χ0n) is 41.6. The number of hydrogen-bond acceptors (Lipinski definition) is 6. The summed E-state index contributed by atoms with van der Waals surface area (Å²) < 4.78 is 16.8. The first-order chi connectivity index (χ1) is 31.0. The largest absolute Gasteiger partial charge is 0.462 e. The topological polar surface area (TPSA) is 78.9 Å². The molecule has 0 bridgehead atoms. The van der Waals surface area contributed by atoms with E-state index in [9.17, 15) is 14.4 Å². The minimum absolute atomic E-state index is 0.0864. The van der Waals surface area contributed by atoms with Crippen LogP contribution >= 0.6 is 0 Å². The Balaban J connectivity index is 4.39. The van der Waals surface area contributed by atoms with E-state index >= 15 is 0 Å². The second-order valence-electron chi connectivity index (χ2n) is 17.8. The van der Waals surface area contributed by atoms with Crippen LogP contribution in [-0.4, -0.2) is 37.2 Å². The minimum atomic E-state index is -0.788. The molecule has 63 heavy (non-hydrogen) atoms. The first-order valence-electron chi connectivity index (χ1n) is 26.8. The second-order valence-corrected chi connectivity index (χ2v) is 17.8. The molecule has 6 nitrogen and oxygen atoms in total. The highest BCUT2D eigenvalue weighted by molar-refractivity contribution is 5.71. The summed E-state index contributed by atoms with van der Waals surface area (Å²) in [6.07, 6.45) is 63.4. The Kier molecular flexibility index (Phi) is 49.4. The van der Waals surface area contributed by atoms with Gasteiger partial charge in [-0.3, -0.25) is 14.4 Å². The lowest BCUT2D eigenvalue weighted by atomic mass is 10.1. The normalized spacial score (nSPS) is 12.5. The van der Waals surface area contributed by atoms with Gasteiger partial charge in [0.25, 0.3) is 0 Å². The van der Waals surface area contributed by atoms with E-state index in [4.69, 9.17) is 14.2 Å². The zero-order valence-corrected chi connectivity index (χ0v) is 41.6. The number of allylic oxidation sites excluding steroid dienone is 10. The van der Waals surface area contributed by atoms with E-state index in [2.05, 4.69) is 81.5 Å². The Hall–Kier alpha value is -2.89. The lowest BCUT2D eigenvalue weighted by Gasteiger charge is -2.18. The molecular formula is C57H100O6. The molecule has 1 atom stereocenters. The van der Waals surface area contributed by atoms with Gasteiger partial charge in [0, 0.05) is 19.3 Å². The molecule has 0 fully saturated rings. The van der Waals surface area contributed by atoms with Crippen molar-refractivity contribution in [3.05, 3.63) is 60.8 Å². The smallest absolute Gasteiger partial charge is 0.306 e. The zero-order chi connectivity index (χ0) is 45.8. The van der Waals surface area contributed by atoms with Crippen molar-refractivity contribution in [3.63, 3.8) is 0 Å². The van der Waals surface area contributed by atoms with Crippen LogP contribution in [0.5, 0.6) is 0 Å².